The number of aliphatic hydroxyl groups excluding tert-OH is 1. The number of piperidine rings is 1. The maximum absolute atomic E-state index is 13.2. The first-order valence-corrected chi connectivity index (χ1v) is 8.31. The number of hydrogen-bond acceptors (Lipinski definition) is 3. The minimum absolute atomic E-state index is 0.0450. The van der Waals surface area contributed by atoms with Crippen molar-refractivity contribution >= 4 is 21.6 Å². The van der Waals surface area contributed by atoms with Crippen molar-refractivity contribution in [1.29, 1.82) is 0 Å². The van der Waals surface area contributed by atoms with Crippen LogP contribution in [0, 0.1) is 5.82 Å². The van der Waals surface area contributed by atoms with Gasteiger partial charge in [-0.25, -0.2) is 12.8 Å². The molecule has 0 radical (unpaired) electrons. The summed E-state index contributed by atoms with van der Waals surface area (Å²) in [7, 11) is -3.77. The molecule has 1 fully saturated rings. The standard InChI is InChI=1S/C13H17ClFNO3S/c1-9(17)13-4-2-3-7-16(13)20(18,19)10-5-6-12(15)11(14)8-10/h5-6,8-9,13,17H,2-4,7H2,1H3. The fraction of sp³-hybridized carbons (Fsp3) is 0.538. The van der Waals surface area contributed by atoms with Crippen molar-refractivity contribution in [3.8, 4) is 0 Å². The summed E-state index contributed by atoms with van der Waals surface area (Å²) in [5.41, 5.74) is 0. The Morgan fingerprint density at radius 2 is 2.15 bits per heavy atom. The highest BCUT2D eigenvalue weighted by atomic mass is 35.5. The van der Waals surface area contributed by atoms with Crippen LogP contribution < -0.4 is 0 Å². The molecule has 0 spiro atoms. The SMILES string of the molecule is CC(O)C1CCCCN1S(=O)(=O)c1ccc(F)c(Cl)c1. The van der Waals surface area contributed by atoms with Gasteiger partial charge in [0.05, 0.1) is 22.1 Å². The summed E-state index contributed by atoms with van der Waals surface area (Å²) in [5.74, 6) is -0.656. The first-order chi connectivity index (χ1) is 9.34. The van der Waals surface area contributed by atoms with Gasteiger partial charge in [0, 0.05) is 6.54 Å². The Morgan fingerprint density at radius 3 is 2.75 bits per heavy atom. The second kappa shape index (κ2) is 5.97. The Kier molecular flexibility index (Phi) is 4.69. The molecule has 2 unspecified atom stereocenters. The average Bonchev–Trinajstić information content (AvgIpc) is 2.41. The zero-order chi connectivity index (χ0) is 14.9. The molecule has 1 heterocycles. The van der Waals surface area contributed by atoms with E-state index in [9.17, 15) is 17.9 Å². The largest absolute Gasteiger partial charge is 0.392 e. The summed E-state index contributed by atoms with van der Waals surface area (Å²) in [5, 5.41) is 9.54. The van der Waals surface area contributed by atoms with Crippen molar-refractivity contribution in [2.24, 2.45) is 0 Å². The number of aliphatic hydroxyl groups is 1. The molecular formula is C13H17ClFNO3S. The lowest BCUT2D eigenvalue weighted by Crippen LogP contribution is -2.48. The van der Waals surface area contributed by atoms with E-state index in [1.54, 1.807) is 6.92 Å². The molecule has 1 aliphatic rings. The predicted octanol–water partition coefficient (Wildman–Crippen LogP) is 2.40. The molecule has 1 saturated heterocycles. The zero-order valence-electron chi connectivity index (χ0n) is 11.1. The summed E-state index contributed by atoms with van der Waals surface area (Å²) in [6.45, 7) is 1.93. The normalized spacial score (nSPS) is 22.7. The van der Waals surface area contributed by atoms with E-state index in [2.05, 4.69) is 0 Å². The monoisotopic (exact) mass is 321 g/mol. The van der Waals surface area contributed by atoms with Crippen LogP contribution in [0.3, 0.4) is 0 Å². The average molecular weight is 322 g/mol. The van der Waals surface area contributed by atoms with Crippen molar-refractivity contribution in [2.45, 2.75) is 43.2 Å². The first kappa shape index (κ1) is 15.7. The van der Waals surface area contributed by atoms with Crippen molar-refractivity contribution in [2.75, 3.05) is 6.54 Å². The number of rotatable bonds is 3. The molecule has 1 aromatic rings. The molecule has 112 valence electrons. The summed E-state index contributed by atoms with van der Waals surface area (Å²) in [4.78, 5) is -0.0450. The Labute approximate surface area is 123 Å². The van der Waals surface area contributed by atoms with Crippen LogP contribution in [0.2, 0.25) is 5.02 Å². The van der Waals surface area contributed by atoms with Crippen LogP contribution in [-0.2, 0) is 10.0 Å². The van der Waals surface area contributed by atoms with E-state index < -0.39 is 28.0 Å². The van der Waals surface area contributed by atoms with Gasteiger partial charge in [0.25, 0.3) is 0 Å². The van der Waals surface area contributed by atoms with Crippen molar-refractivity contribution in [3.63, 3.8) is 0 Å². The Balaban J connectivity index is 2.39. The van der Waals surface area contributed by atoms with Gasteiger partial charge < -0.3 is 5.11 Å². The lowest BCUT2D eigenvalue weighted by atomic mass is 10.0. The summed E-state index contributed by atoms with van der Waals surface area (Å²) in [6.07, 6.45) is 1.50. The first-order valence-electron chi connectivity index (χ1n) is 6.49. The lowest BCUT2D eigenvalue weighted by molar-refractivity contribution is 0.0831. The van der Waals surface area contributed by atoms with Crippen LogP contribution in [0.25, 0.3) is 0 Å². The van der Waals surface area contributed by atoms with Crippen LogP contribution in [0.5, 0.6) is 0 Å². The molecule has 0 aliphatic carbocycles. The quantitative estimate of drug-likeness (QED) is 0.930. The maximum atomic E-state index is 13.2. The fourth-order valence-corrected chi connectivity index (χ4v) is 4.51. The maximum Gasteiger partial charge on any atom is 0.243 e. The fourth-order valence-electron chi connectivity index (χ4n) is 2.48. The van der Waals surface area contributed by atoms with Crippen molar-refractivity contribution < 1.29 is 17.9 Å². The van der Waals surface area contributed by atoms with Gasteiger partial charge in [-0.2, -0.15) is 4.31 Å². The van der Waals surface area contributed by atoms with Gasteiger partial charge in [0.1, 0.15) is 5.82 Å². The Hall–Kier alpha value is -0.690. The summed E-state index contributed by atoms with van der Waals surface area (Å²) >= 11 is 5.65. The molecule has 1 N–H and O–H groups in total. The van der Waals surface area contributed by atoms with Gasteiger partial charge in [0.15, 0.2) is 0 Å². The van der Waals surface area contributed by atoms with Crippen molar-refractivity contribution in [1.82, 2.24) is 4.31 Å². The van der Waals surface area contributed by atoms with Gasteiger partial charge in [0.2, 0.25) is 10.0 Å². The molecule has 4 nitrogen and oxygen atoms in total. The third-order valence-corrected chi connectivity index (χ3v) is 5.76. The highest BCUT2D eigenvalue weighted by Gasteiger charge is 2.36. The smallest absolute Gasteiger partial charge is 0.243 e. The number of benzene rings is 1. The zero-order valence-corrected chi connectivity index (χ0v) is 12.7. The van der Waals surface area contributed by atoms with E-state index in [1.807, 2.05) is 0 Å². The predicted molar refractivity (Wildman–Crippen MR) is 74.6 cm³/mol. The van der Waals surface area contributed by atoms with Gasteiger partial charge in [-0.15, -0.1) is 0 Å². The van der Waals surface area contributed by atoms with Crippen molar-refractivity contribution in [3.05, 3.63) is 29.0 Å². The molecule has 1 aliphatic heterocycles. The minimum Gasteiger partial charge on any atom is -0.392 e. The molecule has 1 aromatic carbocycles. The molecule has 2 atom stereocenters. The number of halogens is 2. The van der Waals surface area contributed by atoms with Gasteiger partial charge >= 0.3 is 0 Å². The molecular weight excluding hydrogens is 305 g/mol. The topological polar surface area (TPSA) is 57.6 Å². The number of hydrogen-bond donors (Lipinski definition) is 1. The van der Waals surface area contributed by atoms with Gasteiger partial charge in [-0.3, -0.25) is 0 Å². The molecule has 7 heteroatoms. The molecule has 0 amide bonds. The van der Waals surface area contributed by atoms with E-state index in [1.165, 1.54) is 10.4 Å². The van der Waals surface area contributed by atoms with Crippen LogP contribution in [0.1, 0.15) is 26.2 Å². The van der Waals surface area contributed by atoms with Crippen LogP contribution in [0.15, 0.2) is 23.1 Å². The van der Waals surface area contributed by atoms with E-state index in [0.717, 1.165) is 25.0 Å². The minimum atomic E-state index is -3.77. The van der Waals surface area contributed by atoms with E-state index >= 15 is 0 Å². The lowest BCUT2D eigenvalue weighted by Gasteiger charge is -2.36. The van der Waals surface area contributed by atoms with Crippen LogP contribution in [0.4, 0.5) is 4.39 Å². The van der Waals surface area contributed by atoms with E-state index in [4.69, 9.17) is 11.6 Å². The molecule has 0 aromatic heterocycles. The molecule has 2 rings (SSSR count). The summed E-state index contributed by atoms with van der Waals surface area (Å²) in [6, 6.07) is 2.90. The number of sulfonamides is 1. The second-order valence-electron chi connectivity index (χ2n) is 5.00. The third kappa shape index (κ3) is 2.98. The highest BCUT2D eigenvalue weighted by molar-refractivity contribution is 7.89. The molecule has 0 saturated carbocycles. The van der Waals surface area contributed by atoms with Crippen LogP contribution >= 0.6 is 11.6 Å². The number of nitrogens with zero attached hydrogens (tertiary/aromatic N) is 1. The van der Waals surface area contributed by atoms with Gasteiger partial charge in [-0.1, -0.05) is 18.0 Å². The second-order valence-corrected chi connectivity index (χ2v) is 7.29. The Morgan fingerprint density at radius 1 is 1.45 bits per heavy atom. The highest BCUT2D eigenvalue weighted by Crippen LogP contribution is 2.28. The van der Waals surface area contributed by atoms with E-state index in [0.29, 0.717) is 13.0 Å². The summed E-state index contributed by atoms with van der Waals surface area (Å²) < 4.78 is 39.6. The van der Waals surface area contributed by atoms with Gasteiger partial charge in [-0.05, 0) is 38.0 Å². The van der Waals surface area contributed by atoms with E-state index in [-0.39, 0.29) is 9.92 Å². The Bertz CT molecular complexity index is 591. The third-order valence-electron chi connectivity index (χ3n) is 3.55. The van der Waals surface area contributed by atoms with Crippen LogP contribution in [-0.4, -0.2) is 36.5 Å². The molecule has 20 heavy (non-hydrogen) atoms. The molecule has 0 bridgehead atoms.